The lowest BCUT2D eigenvalue weighted by Gasteiger charge is -2.45. The number of para-hydroxylation sites is 1. The minimum atomic E-state index is -0.222. The maximum Gasteiger partial charge on any atom is 0.252 e. The molecular weight excluding hydrogens is 566 g/mol. The van der Waals surface area contributed by atoms with Crippen LogP contribution in [0.2, 0.25) is 0 Å². The second-order valence-electron chi connectivity index (χ2n) is 13.5. The van der Waals surface area contributed by atoms with E-state index in [0.717, 1.165) is 22.7 Å². The number of anilines is 8. The summed E-state index contributed by atoms with van der Waals surface area (Å²) in [6.45, 7) is 0.0341. The van der Waals surface area contributed by atoms with Crippen molar-refractivity contribution in [2.75, 3.05) is 47.8 Å². The summed E-state index contributed by atoms with van der Waals surface area (Å²) in [7, 11) is 8.44. The van der Waals surface area contributed by atoms with Gasteiger partial charge in [0.15, 0.2) is 0 Å². The van der Waals surface area contributed by atoms with Gasteiger partial charge >= 0.3 is 0 Å². The number of rotatable bonds is 5. The van der Waals surface area contributed by atoms with E-state index in [1.807, 2.05) is 12.1 Å². The second kappa shape index (κ2) is 11.3. The maximum atomic E-state index is 14.4. The molecule has 0 radical (unpaired) electrons. The highest BCUT2D eigenvalue weighted by atomic mass is 19.1. The van der Waals surface area contributed by atoms with Gasteiger partial charge in [-0.2, -0.15) is 0 Å². The predicted octanol–water partition coefficient (Wildman–Crippen LogP) is 8.09. The highest BCUT2D eigenvalue weighted by Crippen LogP contribution is 2.47. The summed E-state index contributed by atoms with van der Waals surface area (Å²) in [6.07, 6.45) is 6.30. The molecule has 2 aliphatic heterocycles. The molecule has 0 saturated heterocycles. The molecule has 230 valence electrons. The lowest BCUT2D eigenvalue weighted by molar-refractivity contribution is 0.444. The molecule has 8 rings (SSSR count). The van der Waals surface area contributed by atoms with Crippen LogP contribution in [0.4, 0.5) is 49.9 Å². The van der Waals surface area contributed by atoms with Crippen molar-refractivity contribution in [1.29, 1.82) is 0 Å². The molecule has 2 heterocycles. The molecule has 0 aromatic heterocycles. The minimum absolute atomic E-state index is 0.0341. The number of nitrogens with zero attached hydrogens (tertiary/aromatic N) is 4. The van der Waals surface area contributed by atoms with Crippen molar-refractivity contribution in [3.8, 4) is 0 Å². The van der Waals surface area contributed by atoms with Gasteiger partial charge in [0.05, 0.1) is 0 Å². The van der Waals surface area contributed by atoms with Crippen LogP contribution in [-0.4, -0.2) is 34.9 Å². The fourth-order valence-corrected chi connectivity index (χ4v) is 7.95. The number of fused-ring (bicyclic) bond motifs is 4. The topological polar surface area (TPSA) is 13.0 Å². The third-order valence-electron chi connectivity index (χ3n) is 10.3. The van der Waals surface area contributed by atoms with Gasteiger partial charge < -0.3 is 19.6 Å². The van der Waals surface area contributed by atoms with Crippen molar-refractivity contribution < 1.29 is 4.39 Å². The van der Waals surface area contributed by atoms with E-state index in [-0.39, 0.29) is 12.5 Å². The Morgan fingerprint density at radius 2 is 1.11 bits per heavy atom. The van der Waals surface area contributed by atoms with Crippen LogP contribution < -0.4 is 36.0 Å². The molecule has 6 heteroatoms. The Morgan fingerprint density at radius 3 is 1.63 bits per heavy atom. The Bertz CT molecular complexity index is 1910. The monoisotopic (exact) mass is 606 g/mol. The molecule has 3 aliphatic rings. The summed E-state index contributed by atoms with van der Waals surface area (Å²) < 4.78 is 14.4. The van der Waals surface area contributed by atoms with Crippen LogP contribution in [0.15, 0.2) is 103 Å². The molecule has 0 N–H and O–H groups in total. The lowest BCUT2D eigenvalue weighted by atomic mass is 9.33. The molecular formula is C40H40BFN4. The number of hydrogen-bond acceptors (Lipinski definition) is 4. The zero-order chi connectivity index (χ0) is 31.5. The van der Waals surface area contributed by atoms with Gasteiger partial charge in [0.2, 0.25) is 0 Å². The molecule has 0 unspecified atom stereocenters. The average molecular weight is 607 g/mol. The number of halogens is 1. The normalized spacial score (nSPS) is 15.3. The first kappa shape index (κ1) is 28.7. The van der Waals surface area contributed by atoms with Crippen LogP contribution in [-0.2, 0) is 0 Å². The van der Waals surface area contributed by atoms with Crippen molar-refractivity contribution in [2.24, 2.45) is 0 Å². The molecule has 5 aromatic carbocycles. The van der Waals surface area contributed by atoms with Crippen molar-refractivity contribution >= 4 is 68.6 Å². The summed E-state index contributed by atoms with van der Waals surface area (Å²) in [5, 5.41) is 0. The predicted molar refractivity (Wildman–Crippen MR) is 195 cm³/mol. The zero-order valence-corrected chi connectivity index (χ0v) is 27.2. The Kier molecular flexibility index (Phi) is 7.04. The van der Waals surface area contributed by atoms with Gasteiger partial charge in [-0.15, -0.1) is 0 Å². The molecule has 1 fully saturated rings. The summed E-state index contributed by atoms with van der Waals surface area (Å²) in [5.74, 6) is 0.302. The molecule has 4 nitrogen and oxygen atoms in total. The Balaban J connectivity index is 1.49. The fourth-order valence-electron chi connectivity index (χ4n) is 7.95. The molecule has 1 aliphatic carbocycles. The third kappa shape index (κ3) is 4.65. The molecule has 0 atom stereocenters. The summed E-state index contributed by atoms with van der Waals surface area (Å²) in [4.78, 5) is 9.25. The van der Waals surface area contributed by atoms with Crippen molar-refractivity contribution in [3.63, 3.8) is 0 Å². The third-order valence-corrected chi connectivity index (χ3v) is 10.3. The summed E-state index contributed by atoms with van der Waals surface area (Å²) >= 11 is 0. The number of hydrogen-bond donors (Lipinski definition) is 0. The molecule has 5 aromatic rings. The van der Waals surface area contributed by atoms with Gasteiger partial charge in [-0.25, -0.2) is 4.39 Å². The minimum Gasteiger partial charge on any atom is -0.378 e. The fraction of sp³-hybridized carbons (Fsp3) is 0.250. The Hall–Kier alpha value is -4.71. The molecule has 0 bridgehead atoms. The van der Waals surface area contributed by atoms with E-state index in [1.165, 1.54) is 76.8 Å². The van der Waals surface area contributed by atoms with E-state index in [1.54, 1.807) is 12.1 Å². The van der Waals surface area contributed by atoms with Gasteiger partial charge in [0.25, 0.3) is 6.71 Å². The number of benzene rings is 5. The van der Waals surface area contributed by atoms with E-state index in [0.29, 0.717) is 5.92 Å². The first-order valence-corrected chi connectivity index (χ1v) is 16.6. The van der Waals surface area contributed by atoms with Crippen LogP contribution in [0.25, 0.3) is 0 Å². The van der Waals surface area contributed by atoms with Crippen molar-refractivity contribution in [3.05, 3.63) is 115 Å². The maximum absolute atomic E-state index is 14.4. The van der Waals surface area contributed by atoms with Crippen LogP contribution in [0.1, 0.15) is 43.6 Å². The SMILES string of the molecule is CN(C)c1ccc2c(c1)B1c3cc(N(C)C)ccc3N(c3ccc(F)cc3)c3cc(C4CCCCC4)cc(c31)N2c1ccccc1. The van der Waals surface area contributed by atoms with Crippen LogP contribution in [0.5, 0.6) is 0 Å². The van der Waals surface area contributed by atoms with Crippen LogP contribution >= 0.6 is 0 Å². The zero-order valence-electron chi connectivity index (χ0n) is 27.2. The Morgan fingerprint density at radius 1 is 0.587 bits per heavy atom. The van der Waals surface area contributed by atoms with E-state index < -0.39 is 0 Å². The average Bonchev–Trinajstić information content (AvgIpc) is 3.08. The van der Waals surface area contributed by atoms with E-state index in [9.17, 15) is 4.39 Å². The lowest BCUT2D eigenvalue weighted by Crippen LogP contribution is -2.61. The first-order valence-electron chi connectivity index (χ1n) is 16.6. The van der Waals surface area contributed by atoms with Gasteiger partial charge in [-0.3, -0.25) is 0 Å². The van der Waals surface area contributed by atoms with E-state index >= 15 is 0 Å². The molecule has 1 saturated carbocycles. The quantitative estimate of drug-likeness (QED) is 0.184. The first-order chi connectivity index (χ1) is 22.4. The highest BCUT2D eigenvalue weighted by Gasteiger charge is 2.44. The molecule has 0 amide bonds. The van der Waals surface area contributed by atoms with Crippen LogP contribution in [0.3, 0.4) is 0 Å². The molecule has 0 spiro atoms. The van der Waals surface area contributed by atoms with Gasteiger partial charge in [-0.05, 0) is 126 Å². The van der Waals surface area contributed by atoms with Crippen molar-refractivity contribution in [1.82, 2.24) is 0 Å². The second-order valence-corrected chi connectivity index (χ2v) is 13.5. The Labute approximate surface area is 272 Å². The standard InChI is InChI=1S/C40H40BFN4/c1-43(2)32-19-21-36-34(25-32)41-35-26-33(44(3)4)20-22-37(35)46(31-17-15-29(42)16-18-31)39-24-28(27-11-7-5-8-12-27)23-38(40(39)41)45(36)30-13-9-6-10-14-30/h6,9-10,13-27H,5,7-8,11-12H2,1-4H3. The largest absolute Gasteiger partial charge is 0.378 e. The van der Waals surface area contributed by atoms with E-state index in [2.05, 4.69) is 127 Å². The van der Waals surface area contributed by atoms with E-state index in [4.69, 9.17) is 0 Å². The van der Waals surface area contributed by atoms with Gasteiger partial charge in [0.1, 0.15) is 5.82 Å². The van der Waals surface area contributed by atoms with Crippen molar-refractivity contribution in [2.45, 2.75) is 38.0 Å². The van der Waals surface area contributed by atoms with Gasteiger partial charge in [-0.1, -0.05) is 37.5 Å². The smallest absolute Gasteiger partial charge is 0.252 e. The summed E-state index contributed by atoms with van der Waals surface area (Å²) in [6, 6.07) is 36.6. The highest BCUT2D eigenvalue weighted by molar-refractivity contribution is 7.00. The molecule has 46 heavy (non-hydrogen) atoms. The van der Waals surface area contributed by atoms with Gasteiger partial charge in [0, 0.05) is 73.7 Å². The van der Waals surface area contributed by atoms with Crippen LogP contribution in [0, 0.1) is 5.82 Å². The summed E-state index contributed by atoms with van der Waals surface area (Å²) in [5.41, 5.74) is 14.6.